The quantitative estimate of drug-likeness (QED) is 0.511. The molecule has 3 heteroatoms. The van der Waals surface area contributed by atoms with Gasteiger partial charge in [0.1, 0.15) is 11.3 Å². The minimum atomic E-state index is 0.714. The van der Waals surface area contributed by atoms with Crippen LogP contribution < -0.4 is 4.74 Å². The summed E-state index contributed by atoms with van der Waals surface area (Å²) >= 11 is 0. The molecule has 0 aliphatic heterocycles. The van der Waals surface area contributed by atoms with Gasteiger partial charge in [0, 0.05) is 11.6 Å². The van der Waals surface area contributed by atoms with Crippen molar-refractivity contribution < 1.29 is 4.74 Å². The second-order valence-electron chi connectivity index (χ2n) is 5.61. The summed E-state index contributed by atoms with van der Waals surface area (Å²) in [4.78, 5) is 4.51. The van der Waals surface area contributed by atoms with Gasteiger partial charge in [0.05, 0.1) is 13.3 Å². The molecule has 4 rings (SSSR count). The number of rotatable bonds is 2. The van der Waals surface area contributed by atoms with Crippen molar-refractivity contribution in [3.8, 4) is 28.8 Å². The maximum Gasteiger partial charge on any atom is 0.200 e. The molecule has 0 amide bonds. The third-order valence-corrected chi connectivity index (χ3v) is 4.00. The number of ether oxygens (including phenoxy) is 1. The molecule has 0 radical (unpaired) electrons. The molecule has 2 aromatic carbocycles. The van der Waals surface area contributed by atoms with Gasteiger partial charge >= 0.3 is 0 Å². The Bertz CT molecular complexity index is 1070. The number of methoxy groups -OCH3 is 1. The van der Waals surface area contributed by atoms with E-state index in [0.717, 1.165) is 28.0 Å². The molecule has 0 saturated carbocycles. The molecular formula is C22H16N2O. The van der Waals surface area contributed by atoms with Crippen LogP contribution in [0.2, 0.25) is 0 Å². The summed E-state index contributed by atoms with van der Waals surface area (Å²) in [7, 11) is 1.66. The van der Waals surface area contributed by atoms with Crippen molar-refractivity contribution in [2.45, 2.75) is 0 Å². The van der Waals surface area contributed by atoms with E-state index in [1.165, 1.54) is 0 Å². The fraction of sp³-hybridized carbons (Fsp3) is 0.0455. The zero-order valence-corrected chi connectivity index (χ0v) is 13.8. The first-order chi connectivity index (χ1) is 12.3. The molecule has 0 bridgehead atoms. The van der Waals surface area contributed by atoms with Crippen molar-refractivity contribution in [2.24, 2.45) is 0 Å². The summed E-state index contributed by atoms with van der Waals surface area (Å²) in [6, 6.07) is 24.2. The van der Waals surface area contributed by atoms with E-state index in [1.807, 2.05) is 65.1 Å². The number of aromatic nitrogens is 2. The third kappa shape index (κ3) is 2.98. The molecule has 0 aliphatic rings. The Kier molecular flexibility index (Phi) is 3.94. The van der Waals surface area contributed by atoms with Gasteiger partial charge in [0.25, 0.3) is 0 Å². The summed E-state index contributed by atoms with van der Waals surface area (Å²) in [6.07, 6.45) is 1.78. The van der Waals surface area contributed by atoms with Gasteiger partial charge < -0.3 is 4.74 Å². The molecule has 2 heterocycles. The Morgan fingerprint density at radius 2 is 1.56 bits per heavy atom. The zero-order chi connectivity index (χ0) is 17.1. The van der Waals surface area contributed by atoms with Crippen molar-refractivity contribution in [3.05, 3.63) is 90.3 Å². The van der Waals surface area contributed by atoms with Crippen LogP contribution in [0.1, 0.15) is 11.3 Å². The zero-order valence-electron chi connectivity index (χ0n) is 13.8. The molecule has 0 unspecified atom stereocenters. The van der Waals surface area contributed by atoms with Crippen LogP contribution in [-0.2, 0) is 0 Å². The largest absolute Gasteiger partial charge is 0.482 e. The number of hydrogen-bond acceptors (Lipinski definition) is 2. The van der Waals surface area contributed by atoms with Crippen LogP contribution in [0.15, 0.2) is 79.0 Å². The highest BCUT2D eigenvalue weighted by Gasteiger charge is 2.10. The average Bonchev–Trinajstić information content (AvgIpc) is 3.10. The van der Waals surface area contributed by atoms with Crippen molar-refractivity contribution in [1.82, 2.24) is 9.38 Å². The lowest BCUT2D eigenvalue weighted by Gasteiger charge is -2.09. The Morgan fingerprint density at radius 1 is 0.840 bits per heavy atom. The van der Waals surface area contributed by atoms with Gasteiger partial charge in [0.2, 0.25) is 5.88 Å². The van der Waals surface area contributed by atoms with E-state index in [1.54, 1.807) is 13.3 Å². The van der Waals surface area contributed by atoms with Gasteiger partial charge in [-0.15, -0.1) is 0 Å². The second-order valence-corrected chi connectivity index (χ2v) is 5.61. The van der Waals surface area contributed by atoms with Crippen LogP contribution in [0.4, 0.5) is 0 Å². The minimum absolute atomic E-state index is 0.714. The van der Waals surface area contributed by atoms with Crippen molar-refractivity contribution in [2.75, 3.05) is 7.11 Å². The predicted molar refractivity (Wildman–Crippen MR) is 99.6 cm³/mol. The molecule has 0 aliphatic carbocycles. The smallest absolute Gasteiger partial charge is 0.200 e. The lowest BCUT2D eigenvalue weighted by Crippen LogP contribution is -1.97. The first kappa shape index (κ1) is 15.0. The third-order valence-electron chi connectivity index (χ3n) is 4.00. The van der Waals surface area contributed by atoms with E-state index in [-0.39, 0.29) is 0 Å². The summed E-state index contributed by atoms with van der Waals surface area (Å²) in [6.45, 7) is 0. The first-order valence-corrected chi connectivity index (χ1v) is 8.03. The van der Waals surface area contributed by atoms with Crippen molar-refractivity contribution >= 4 is 5.65 Å². The molecule has 2 aromatic heterocycles. The number of fused-ring (bicyclic) bond motifs is 1. The second kappa shape index (κ2) is 6.54. The van der Waals surface area contributed by atoms with E-state index in [4.69, 9.17) is 4.74 Å². The Morgan fingerprint density at radius 3 is 2.28 bits per heavy atom. The summed E-state index contributed by atoms with van der Waals surface area (Å²) in [5.74, 6) is 7.07. The predicted octanol–water partition coefficient (Wildman–Crippen LogP) is 4.41. The van der Waals surface area contributed by atoms with Crippen LogP contribution in [0, 0.1) is 11.8 Å². The molecule has 0 fully saturated rings. The Hall–Kier alpha value is -3.51. The Balaban J connectivity index is 1.83. The van der Waals surface area contributed by atoms with E-state index < -0.39 is 0 Å². The number of hydrogen-bond donors (Lipinski definition) is 0. The topological polar surface area (TPSA) is 26.5 Å². The SMILES string of the molecule is COc1cc(-c2ccccc2)cc2ncc(C#Cc3ccccc3)n12. The van der Waals surface area contributed by atoms with Crippen LogP contribution in [0.25, 0.3) is 16.8 Å². The number of pyridine rings is 1. The molecule has 0 N–H and O–H groups in total. The minimum Gasteiger partial charge on any atom is -0.482 e. The van der Waals surface area contributed by atoms with Gasteiger partial charge in [-0.3, -0.25) is 4.40 Å². The van der Waals surface area contributed by atoms with Gasteiger partial charge in [-0.25, -0.2) is 4.98 Å². The maximum atomic E-state index is 5.60. The number of nitrogens with zero attached hydrogens (tertiary/aromatic N) is 2. The molecule has 0 saturated heterocycles. The van der Waals surface area contributed by atoms with Crippen LogP contribution in [0.3, 0.4) is 0 Å². The van der Waals surface area contributed by atoms with Gasteiger partial charge in [0.15, 0.2) is 0 Å². The monoisotopic (exact) mass is 324 g/mol. The molecule has 120 valence electrons. The normalized spacial score (nSPS) is 10.3. The number of imidazole rings is 1. The lowest BCUT2D eigenvalue weighted by atomic mass is 10.1. The average molecular weight is 324 g/mol. The maximum absolute atomic E-state index is 5.60. The first-order valence-electron chi connectivity index (χ1n) is 8.03. The summed E-state index contributed by atoms with van der Waals surface area (Å²) in [5, 5.41) is 0. The van der Waals surface area contributed by atoms with E-state index in [9.17, 15) is 0 Å². The van der Waals surface area contributed by atoms with Gasteiger partial charge in [-0.2, -0.15) is 0 Å². The standard InChI is InChI=1S/C22H16N2O/c1-25-22-15-19(18-10-6-3-7-11-18)14-21-23-16-20(24(21)22)13-12-17-8-4-2-5-9-17/h2-11,14-16H,1H3. The molecule has 4 aromatic rings. The van der Waals surface area contributed by atoms with Crippen molar-refractivity contribution in [1.29, 1.82) is 0 Å². The summed E-state index contributed by atoms with van der Waals surface area (Å²) in [5.41, 5.74) is 4.78. The van der Waals surface area contributed by atoms with Crippen LogP contribution >= 0.6 is 0 Å². The van der Waals surface area contributed by atoms with Gasteiger partial charge in [-0.05, 0) is 35.2 Å². The van der Waals surface area contributed by atoms with Crippen LogP contribution in [0.5, 0.6) is 5.88 Å². The van der Waals surface area contributed by atoms with Gasteiger partial charge in [-0.1, -0.05) is 54.5 Å². The summed E-state index contributed by atoms with van der Waals surface area (Å²) < 4.78 is 7.53. The van der Waals surface area contributed by atoms with E-state index in [2.05, 4.69) is 29.0 Å². The Labute approximate surface area is 146 Å². The molecule has 25 heavy (non-hydrogen) atoms. The van der Waals surface area contributed by atoms with Crippen LogP contribution in [-0.4, -0.2) is 16.5 Å². The molecule has 0 atom stereocenters. The highest BCUT2D eigenvalue weighted by molar-refractivity contribution is 5.70. The van der Waals surface area contributed by atoms with E-state index in [0.29, 0.717) is 5.88 Å². The highest BCUT2D eigenvalue weighted by Crippen LogP contribution is 2.27. The molecule has 3 nitrogen and oxygen atoms in total. The van der Waals surface area contributed by atoms with Crippen molar-refractivity contribution in [3.63, 3.8) is 0 Å². The lowest BCUT2D eigenvalue weighted by molar-refractivity contribution is 0.392. The molecule has 0 spiro atoms. The number of benzene rings is 2. The molecular weight excluding hydrogens is 308 g/mol. The highest BCUT2D eigenvalue weighted by atomic mass is 16.5. The fourth-order valence-corrected chi connectivity index (χ4v) is 2.77. The fourth-order valence-electron chi connectivity index (χ4n) is 2.77. The van der Waals surface area contributed by atoms with E-state index >= 15 is 0 Å².